The van der Waals surface area contributed by atoms with E-state index in [0.717, 1.165) is 17.4 Å². The normalized spacial score (nSPS) is 21.6. The zero-order valence-corrected chi connectivity index (χ0v) is 16.0. The molecule has 11 heteroatoms. The largest absolute Gasteiger partial charge is 0.334 e. The molecule has 0 N–H and O–H groups in total. The van der Waals surface area contributed by atoms with Crippen LogP contribution < -0.4 is 11.2 Å². The summed E-state index contributed by atoms with van der Waals surface area (Å²) < 4.78 is 27.3. The number of fused-ring (bicyclic) bond motifs is 1. The zero-order valence-electron chi connectivity index (χ0n) is 15.2. The maximum Gasteiger partial charge on any atom is 0.332 e. The number of carbonyl (C=O) groups is 1. The van der Waals surface area contributed by atoms with Gasteiger partial charge in [-0.3, -0.25) is 18.7 Å². The Morgan fingerprint density at radius 3 is 2.48 bits per heavy atom. The summed E-state index contributed by atoms with van der Waals surface area (Å²) in [6.07, 6.45) is 3.55. The van der Waals surface area contributed by atoms with Crippen molar-refractivity contribution in [3.8, 4) is 0 Å². The number of rotatable bonds is 4. The molecule has 0 aromatic carbocycles. The van der Waals surface area contributed by atoms with Crippen molar-refractivity contribution in [2.45, 2.75) is 37.9 Å². The molecule has 1 unspecified atom stereocenters. The number of imidazole rings is 1. The van der Waals surface area contributed by atoms with Gasteiger partial charge in [0, 0.05) is 26.2 Å². The topological polar surface area (TPSA) is 116 Å². The van der Waals surface area contributed by atoms with Crippen molar-refractivity contribution in [1.82, 2.24) is 23.6 Å². The van der Waals surface area contributed by atoms with E-state index in [-0.39, 0.29) is 47.2 Å². The van der Waals surface area contributed by atoms with Crippen LogP contribution in [0.1, 0.15) is 19.3 Å². The second-order valence-corrected chi connectivity index (χ2v) is 9.57. The average molecular weight is 395 g/mol. The molecule has 2 aliphatic rings. The number of hydrogen-bond acceptors (Lipinski definition) is 6. The Kier molecular flexibility index (Phi) is 4.02. The van der Waals surface area contributed by atoms with Gasteiger partial charge in [0.15, 0.2) is 21.0 Å². The van der Waals surface area contributed by atoms with E-state index >= 15 is 0 Å². The number of sulfone groups is 1. The van der Waals surface area contributed by atoms with Crippen LogP contribution in [0.25, 0.3) is 11.2 Å². The van der Waals surface area contributed by atoms with Crippen molar-refractivity contribution >= 4 is 26.9 Å². The Balaban J connectivity index is 1.68. The smallest absolute Gasteiger partial charge is 0.332 e. The molecule has 27 heavy (non-hydrogen) atoms. The van der Waals surface area contributed by atoms with Gasteiger partial charge in [0.05, 0.1) is 17.8 Å². The van der Waals surface area contributed by atoms with Gasteiger partial charge >= 0.3 is 5.69 Å². The molecular weight excluding hydrogens is 374 g/mol. The van der Waals surface area contributed by atoms with Crippen molar-refractivity contribution in [3.05, 3.63) is 27.2 Å². The molecule has 2 aromatic heterocycles. The second kappa shape index (κ2) is 6.04. The lowest BCUT2D eigenvalue weighted by atomic mass is 10.2. The SMILES string of the molecule is Cn1c(=O)c2c(ncn2CC(=O)N(C2CC2)C2CCS(=O)(=O)C2)n(C)c1=O. The lowest BCUT2D eigenvalue weighted by Crippen LogP contribution is -2.44. The fraction of sp³-hybridized carbons (Fsp3) is 0.625. The molecule has 1 amide bonds. The van der Waals surface area contributed by atoms with Crippen LogP contribution >= 0.6 is 0 Å². The van der Waals surface area contributed by atoms with Crippen LogP contribution in [0.4, 0.5) is 0 Å². The first-order valence-electron chi connectivity index (χ1n) is 8.82. The van der Waals surface area contributed by atoms with E-state index in [2.05, 4.69) is 4.98 Å². The van der Waals surface area contributed by atoms with Gasteiger partial charge < -0.3 is 9.47 Å². The van der Waals surface area contributed by atoms with Crippen LogP contribution in [0.5, 0.6) is 0 Å². The third-order valence-corrected chi connectivity index (χ3v) is 7.10. The number of aromatic nitrogens is 4. The van der Waals surface area contributed by atoms with Crippen LogP contribution in [-0.4, -0.2) is 61.5 Å². The maximum absolute atomic E-state index is 13.0. The maximum atomic E-state index is 13.0. The molecule has 3 heterocycles. The molecule has 146 valence electrons. The minimum absolute atomic E-state index is 0.00379. The molecular formula is C16H21N5O5S. The van der Waals surface area contributed by atoms with Crippen LogP contribution in [0, 0.1) is 0 Å². The summed E-state index contributed by atoms with van der Waals surface area (Å²) in [6.45, 7) is -0.114. The Labute approximate surface area is 154 Å². The first-order chi connectivity index (χ1) is 12.7. The standard InChI is InChI=1S/C16H21N5O5S/c1-18-14-13(15(23)19(2)16(18)24)20(9-17-14)7-12(22)21(10-3-4-10)11-5-6-27(25,26)8-11/h9-11H,3-8H2,1-2H3. The number of hydrogen-bond donors (Lipinski definition) is 0. The van der Waals surface area contributed by atoms with E-state index in [9.17, 15) is 22.8 Å². The Bertz CT molecular complexity index is 1150. The van der Waals surface area contributed by atoms with Gasteiger partial charge in [-0.1, -0.05) is 0 Å². The molecule has 1 atom stereocenters. The van der Waals surface area contributed by atoms with Gasteiger partial charge in [0.1, 0.15) is 6.54 Å². The third-order valence-electron chi connectivity index (χ3n) is 5.35. The lowest BCUT2D eigenvalue weighted by molar-refractivity contribution is -0.134. The van der Waals surface area contributed by atoms with Crippen molar-refractivity contribution in [2.75, 3.05) is 11.5 Å². The highest BCUT2D eigenvalue weighted by molar-refractivity contribution is 7.91. The van der Waals surface area contributed by atoms with E-state index in [4.69, 9.17) is 0 Å². The summed E-state index contributed by atoms with van der Waals surface area (Å²) in [4.78, 5) is 43.3. The lowest BCUT2D eigenvalue weighted by Gasteiger charge is -2.28. The molecule has 1 saturated carbocycles. The summed E-state index contributed by atoms with van der Waals surface area (Å²) in [5, 5.41) is 0. The number of amides is 1. The number of carbonyl (C=O) groups excluding carboxylic acids is 1. The summed E-state index contributed by atoms with van der Waals surface area (Å²) in [5.74, 6) is -0.129. The van der Waals surface area contributed by atoms with Crippen LogP contribution in [0.2, 0.25) is 0 Å². The van der Waals surface area contributed by atoms with Gasteiger partial charge in [-0.25, -0.2) is 18.2 Å². The molecule has 1 aliphatic carbocycles. The first kappa shape index (κ1) is 18.0. The molecule has 0 radical (unpaired) electrons. The van der Waals surface area contributed by atoms with Gasteiger partial charge in [0.2, 0.25) is 5.91 Å². The third kappa shape index (κ3) is 2.99. The van der Waals surface area contributed by atoms with Crippen molar-refractivity contribution in [2.24, 2.45) is 14.1 Å². The Morgan fingerprint density at radius 2 is 1.89 bits per heavy atom. The van der Waals surface area contributed by atoms with Gasteiger partial charge in [-0.2, -0.15) is 0 Å². The van der Waals surface area contributed by atoms with Gasteiger partial charge in [-0.05, 0) is 19.3 Å². The minimum atomic E-state index is -3.10. The quantitative estimate of drug-likeness (QED) is 0.629. The highest BCUT2D eigenvalue weighted by atomic mass is 32.2. The van der Waals surface area contributed by atoms with E-state index in [0.29, 0.717) is 6.42 Å². The van der Waals surface area contributed by atoms with Gasteiger partial charge in [-0.15, -0.1) is 0 Å². The predicted octanol–water partition coefficient (Wildman–Crippen LogP) is -1.39. The molecule has 1 saturated heterocycles. The molecule has 4 rings (SSSR count). The van der Waals surface area contributed by atoms with Crippen LogP contribution in [0.15, 0.2) is 15.9 Å². The van der Waals surface area contributed by atoms with Crippen molar-refractivity contribution in [3.63, 3.8) is 0 Å². The van der Waals surface area contributed by atoms with E-state index in [1.165, 1.54) is 29.6 Å². The number of nitrogens with zero attached hydrogens (tertiary/aromatic N) is 5. The summed E-state index contributed by atoms with van der Waals surface area (Å²) in [7, 11) is -0.208. The highest BCUT2D eigenvalue weighted by Crippen LogP contribution is 2.32. The summed E-state index contributed by atoms with van der Waals surface area (Å²) >= 11 is 0. The molecule has 1 aliphatic heterocycles. The highest BCUT2D eigenvalue weighted by Gasteiger charge is 2.42. The van der Waals surface area contributed by atoms with E-state index < -0.39 is 21.1 Å². The fourth-order valence-electron chi connectivity index (χ4n) is 3.80. The van der Waals surface area contributed by atoms with Crippen molar-refractivity contribution < 1.29 is 13.2 Å². The fourth-order valence-corrected chi connectivity index (χ4v) is 5.51. The van der Waals surface area contributed by atoms with Crippen LogP contribution in [-0.2, 0) is 35.3 Å². The molecule has 0 bridgehead atoms. The van der Waals surface area contributed by atoms with Crippen LogP contribution in [0.3, 0.4) is 0 Å². The summed E-state index contributed by atoms with van der Waals surface area (Å²) in [6, 6.07) is -0.241. The Morgan fingerprint density at radius 1 is 1.19 bits per heavy atom. The Hall–Kier alpha value is -2.43. The zero-order chi connectivity index (χ0) is 19.5. The average Bonchev–Trinajstić information content (AvgIpc) is 3.25. The molecule has 2 aromatic rings. The van der Waals surface area contributed by atoms with E-state index in [1.54, 1.807) is 4.90 Å². The van der Waals surface area contributed by atoms with E-state index in [1.807, 2.05) is 0 Å². The summed E-state index contributed by atoms with van der Waals surface area (Å²) in [5.41, 5.74) is -0.597. The molecule has 10 nitrogen and oxygen atoms in total. The van der Waals surface area contributed by atoms with Crippen molar-refractivity contribution in [1.29, 1.82) is 0 Å². The minimum Gasteiger partial charge on any atom is -0.334 e. The monoisotopic (exact) mass is 395 g/mol. The molecule has 2 fully saturated rings. The second-order valence-electron chi connectivity index (χ2n) is 7.34. The molecule has 0 spiro atoms. The van der Waals surface area contributed by atoms with Gasteiger partial charge in [0.25, 0.3) is 5.56 Å². The predicted molar refractivity (Wildman–Crippen MR) is 97.1 cm³/mol. The first-order valence-corrected chi connectivity index (χ1v) is 10.6. The number of aryl methyl sites for hydroxylation is 1.